The fourth-order valence-electron chi connectivity index (χ4n) is 2.64. The Labute approximate surface area is 142 Å². The molecule has 3 rings (SSSR count). The number of phosphoric ester groups is 1. The molecule has 0 amide bonds. The second kappa shape index (κ2) is 8.34. The molecule has 1 aliphatic carbocycles. The fraction of sp³-hybridized carbons (Fsp3) is 0.333. The molecule has 0 spiro atoms. The van der Waals surface area contributed by atoms with Crippen LogP contribution in [0.5, 0.6) is 11.5 Å². The predicted octanol–water partition coefficient (Wildman–Crippen LogP) is 5.11. The van der Waals surface area contributed by atoms with Crippen LogP contribution in [-0.4, -0.2) is 6.04 Å². The largest absolute Gasteiger partial charge is 0.604 e. The summed E-state index contributed by atoms with van der Waals surface area (Å²) in [5.74, 6) is 0.865. The van der Waals surface area contributed by atoms with Crippen LogP contribution in [0.15, 0.2) is 60.7 Å². The first-order valence-corrected chi connectivity index (χ1v) is 9.73. The van der Waals surface area contributed by atoms with Crippen LogP contribution in [0.4, 0.5) is 0 Å². The lowest BCUT2D eigenvalue weighted by molar-refractivity contribution is 0.0930. The van der Waals surface area contributed by atoms with E-state index in [9.17, 15) is 4.57 Å². The Morgan fingerprint density at radius 1 is 0.792 bits per heavy atom. The Hall–Kier alpha value is -1.81. The van der Waals surface area contributed by atoms with E-state index in [1.54, 1.807) is 48.5 Å². The van der Waals surface area contributed by atoms with Crippen LogP contribution in [-0.2, 0) is 9.19 Å². The molecular formula is C18H22NO4P. The van der Waals surface area contributed by atoms with Crippen LogP contribution >= 0.6 is 7.82 Å². The van der Waals surface area contributed by atoms with E-state index in [2.05, 4.69) is 5.48 Å². The molecule has 2 aromatic carbocycles. The average Bonchev–Trinajstić information content (AvgIpc) is 2.63. The van der Waals surface area contributed by atoms with Gasteiger partial charge < -0.3 is 9.05 Å². The summed E-state index contributed by atoms with van der Waals surface area (Å²) in [5.41, 5.74) is 2.89. The van der Waals surface area contributed by atoms with Crippen molar-refractivity contribution in [2.45, 2.75) is 38.1 Å². The van der Waals surface area contributed by atoms with E-state index in [0.29, 0.717) is 11.5 Å². The van der Waals surface area contributed by atoms with Crippen molar-refractivity contribution in [2.24, 2.45) is 0 Å². The Morgan fingerprint density at radius 3 is 1.79 bits per heavy atom. The van der Waals surface area contributed by atoms with Gasteiger partial charge in [0, 0.05) is 6.04 Å². The highest BCUT2D eigenvalue weighted by Gasteiger charge is 2.33. The molecule has 0 heterocycles. The number of hydroxylamine groups is 1. The van der Waals surface area contributed by atoms with E-state index in [1.165, 1.54) is 6.42 Å². The van der Waals surface area contributed by atoms with Gasteiger partial charge in [-0.3, -0.25) is 0 Å². The van der Waals surface area contributed by atoms with Crippen molar-refractivity contribution in [3.05, 3.63) is 60.7 Å². The highest BCUT2D eigenvalue weighted by molar-refractivity contribution is 7.49. The lowest BCUT2D eigenvalue weighted by atomic mass is 9.96. The maximum atomic E-state index is 13.1. The van der Waals surface area contributed by atoms with Crippen LogP contribution in [0.1, 0.15) is 32.1 Å². The zero-order valence-electron chi connectivity index (χ0n) is 13.5. The van der Waals surface area contributed by atoms with Crippen molar-refractivity contribution in [1.82, 2.24) is 5.48 Å². The van der Waals surface area contributed by atoms with Gasteiger partial charge in [0.1, 0.15) is 11.5 Å². The molecule has 0 bridgehead atoms. The highest BCUT2D eigenvalue weighted by Crippen LogP contribution is 2.48. The molecule has 2 aromatic rings. The van der Waals surface area contributed by atoms with Crippen LogP contribution in [0, 0.1) is 0 Å². The lowest BCUT2D eigenvalue weighted by Gasteiger charge is -2.25. The minimum atomic E-state index is -3.84. The number of hydrogen-bond acceptors (Lipinski definition) is 5. The second-order valence-electron chi connectivity index (χ2n) is 5.80. The molecule has 1 N–H and O–H groups in total. The number of hydrogen-bond donors (Lipinski definition) is 1. The summed E-state index contributed by atoms with van der Waals surface area (Å²) in [5, 5.41) is 0. The van der Waals surface area contributed by atoms with Gasteiger partial charge >= 0.3 is 7.82 Å². The zero-order chi connectivity index (χ0) is 16.7. The Morgan fingerprint density at radius 2 is 1.29 bits per heavy atom. The maximum Gasteiger partial charge on any atom is 0.604 e. The van der Waals surface area contributed by atoms with Crippen LogP contribution in [0.3, 0.4) is 0 Å². The standard InChI is InChI=1S/C18H22NO4P/c20-24(21-17-12-6-2-7-13-17,22-18-14-8-3-9-15-18)23-19-16-10-4-1-5-11-16/h2-3,6-9,12-16,19H,1,4-5,10-11H2. The monoisotopic (exact) mass is 347 g/mol. The molecule has 24 heavy (non-hydrogen) atoms. The highest BCUT2D eigenvalue weighted by atomic mass is 31.2. The molecule has 0 radical (unpaired) electrons. The molecule has 1 aliphatic rings. The average molecular weight is 347 g/mol. The van der Waals surface area contributed by atoms with Gasteiger partial charge in [-0.15, -0.1) is 0 Å². The third-order valence-electron chi connectivity index (χ3n) is 3.86. The first-order chi connectivity index (χ1) is 11.7. The lowest BCUT2D eigenvalue weighted by Crippen LogP contribution is -2.31. The summed E-state index contributed by atoms with van der Waals surface area (Å²) >= 11 is 0. The van der Waals surface area contributed by atoms with Gasteiger partial charge in [-0.25, -0.2) is 4.57 Å². The Kier molecular flexibility index (Phi) is 5.91. The Balaban J connectivity index is 1.70. The van der Waals surface area contributed by atoms with Gasteiger partial charge in [0.15, 0.2) is 0 Å². The smallest absolute Gasteiger partial charge is 0.394 e. The van der Waals surface area contributed by atoms with Crippen molar-refractivity contribution < 1.29 is 18.2 Å². The Bertz CT molecular complexity index is 614. The number of benzene rings is 2. The van der Waals surface area contributed by atoms with Gasteiger partial charge in [0.05, 0.1) is 0 Å². The summed E-state index contributed by atoms with van der Waals surface area (Å²) in [6, 6.07) is 18.0. The molecule has 128 valence electrons. The van der Waals surface area contributed by atoms with Crippen molar-refractivity contribution >= 4 is 7.82 Å². The zero-order valence-corrected chi connectivity index (χ0v) is 14.4. The SMILES string of the molecule is O=P(ONC1CCCCC1)(Oc1ccccc1)Oc1ccccc1. The predicted molar refractivity (Wildman–Crippen MR) is 92.8 cm³/mol. The minimum absolute atomic E-state index is 0.172. The molecule has 1 fully saturated rings. The topological polar surface area (TPSA) is 56.8 Å². The van der Waals surface area contributed by atoms with Crippen LogP contribution in [0.2, 0.25) is 0 Å². The minimum Gasteiger partial charge on any atom is -0.394 e. The van der Waals surface area contributed by atoms with Gasteiger partial charge in [0.25, 0.3) is 0 Å². The van der Waals surface area contributed by atoms with Crippen molar-refractivity contribution in [3.8, 4) is 11.5 Å². The van der Waals surface area contributed by atoms with Gasteiger partial charge in [-0.1, -0.05) is 55.7 Å². The van der Waals surface area contributed by atoms with E-state index in [0.717, 1.165) is 25.7 Å². The second-order valence-corrected chi connectivity index (χ2v) is 7.24. The van der Waals surface area contributed by atoms with Crippen molar-refractivity contribution in [2.75, 3.05) is 0 Å². The third kappa shape index (κ3) is 5.10. The molecule has 0 aliphatic heterocycles. The molecule has 0 unspecified atom stereocenters. The number of nitrogens with one attached hydrogen (secondary N) is 1. The normalized spacial score (nSPS) is 15.8. The first kappa shape index (κ1) is 17.0. The summed E-state index contributed by atoms with van der Waals surface area (Å²) in [4.78, 5) is 0. The molecule has 6 heteroatoms. The molecule has 0 aromatic heterocycles. The third-order valence-corrected chi connectivity index (χ3v) is 5.06. The summed E-state index contributed by atoms with van der Waals surface area (Å²) in [6.07, 6.45) is 5.51. The quantitative estimate of drug-likeness (QED) is 0.557. The number of phosphoric acid groups is 1. The summed E-state index contributed by atoms with van der Waals surface area (Å²) in [7, 11) is -3.84. The van der Waals surface area contributed by atoms with E-state index in [-0.39, 0.29) is 6.04 Å². The first-order valence-electron chi connectivity index (χ1n) is 8.27. The number of para-hydroxylation sites is 2. The van der Waals surface area contributed by atoms with Crippen LogP contribution in [0.25, 0.3) is 0 Å². The molecule has 1 saturated carbocycles. The van der Waals surface area contributed by atoms with E-state index >= 15 is 0 Å². The molecule has 5 nitrogen and oxygen atoms in total. The molecule has 0 atom stereocenters. The van der Waals surface area contributed by atoms with E-state index in [1.807, 2.05) is 12.1 Å². The van der Waals surface area contributed by atoms with Gasteiger partial charge in [-0.05, 0) is 37.1 Å². The van der Waals surface area contributed by atoms with E-state index in [4.69, 9.17) is 13.7 Å². The number of rotatable bonds is 7. The van der Waals surface area contributed by atoms with Gasteiger partial charge in [0.2, 0.25) is 0 Å². The summed E-state index contributed by atoms with van der Waals surface area (Å²) in [6.45, 7) is 0. The molecule has 0 saturated heterocycles. The van der Waals surface area contributed by atoms with E-state index < -0.39 is 7.82 Å². The van der Waals surface area contributed by atoms with Gasteiger partial charge in [-0.2, -0.15) is 10.1 Å². The maximum absolute atomic E-state index is 13.1. The van der Waals surface area contributed by atoms with Crippen LogP contribution < -0.4 is 14.5 Å². The fourth-order valence-corrected chi connectivity index (χ4v) is 3.79. The van der Waals surface area contributed by atoms with Crippen molar-refractivity contribution in [3.63, 3.8) is 0 Å². The summed E-state index contributed by atoms with van der Waals surface area (Å²) < 4.78 is 29.6. The van der Waals surface area contributed by atoms with Crippen molar-refractivity contribution in [1.29, 1.82) is 0 Å². The molecular weight excluding hydrogens is 325 g/mol.